The minimum atomic E-state index is -2.07. The molecule has 0 aromatic heterocycles. The van der Waals surface area contributed by atoms with Crippen LogP contribution >= 0.6 is 0 Å². The third-order valence-corrected chi connectivity index (χ3v) is 5.87. The molecule has 0 saturated carbocycles. The molecule has 4 rings (SSSR count). The van der Waals surface area contributed by atoms with Crippen molar-refractivity contribution in [3.8, 4) is 0 Å². The molecule has 8 heteroatoms. The number of amides is 2. The van der Waals surface area contributed by atoms with Crippen LogP contribution in [-0.2, 0) is 19.2 Å². The second kappa shape index (κ2) is 7.81. The van der Waals surface area contributed by atoms with Crippen molar-refractivity contribution in [2.45, 2.75) is 18.0 Å². The van der Waals surface area contributed by atoms with Crippen molar-refractivity contribution < 1.29 is 29.4 Å². The van der Waals surface area contributed by atoms with Gasteiger partial charge in [0, 0.05) is 6.04 Å². The second-order valence-corrected chi connectivity index (χ2v) is 7.74. The first kappa shape index (κ1) is 20.5. The van der Waals surface area contributed by atoms with E-state index in [0.717, 1.165) is 11.1 Å². The van der Waals surface area contributed by atoms with Crippen molar-refractivity contribution in [1.29, 1.82) is 0 Å². The molecule has 0 radical (unpaired) electrons. The molecule has 0 bridgehead atoms. The number of hydrogen-bond donors (Lipinski definition) is 4. The fourth-order valence-corrected chi connectivity index (χ4v) is 4.46. The molecule has 2 aromatic carbocycles. The predicted octanol–water partition coefficient (Wildman–Crippen LogP) is 1.69. The lowest BCUT2D eigenvalue weighted by molar-refractivity contribution is -0.154. The molecular formula is C23H20N2O6. The number of carboxylic acids is 2. The molecule has 2 fully saturated rings. The van der Waals surface area contributed by atoms with E-state index in [9.17, 15) is 29.4 Å². The highest BCUT2D eigenvalue weighted by atomic mass is 16.4. The molecule has 31 heavy (non-hydrogen) atoms. The predicted molar refractivity (Wildman–Crippen MR) is 110 cm³/mol. The molecule has 2 saturated heterocycles. The number of imide groups is 1. The van der Waals surface area contributed by atoms with Gasteiger partial charge in [-0.3, -0.25) is 29.8 Å². The monoisotopic (exact) mass is 420 g/mol. The molecule has 8 nitrogen and oxygen atoms in total. The summed E-state index contributed by atoms with van der Waals surface area (Å²) in [6, 6.07) is 16.1. The first-order chi connectivity index (χ1) is 14.8. The summed E-state index contributed by atoms with van der Waals surface area (Å²) in [5.41, 5.74) is 0.464. The van der Waals surface area contributed by atoms with Gasteiger partial charge in [0.05, 0.1) is 18.3 Å². The van der Waals surface area contributed by atoms with Crippen molar-refractivity contribution in [2.24, 2.45) is 11.8 Å². The molecule has 2 aliphatic rings. The summed E-state index contributed by atoms with van der Waals surface area (Å²) in [7, 11) is 0. The summed E-state index contributed by atoms with van der Waals surface area (Å²) in [5, 5.41) is 24.1. The highest BCUT2D eigenvalue weighted by molar-refractivity contribution is 6.10. The van der Waals surface area contributed by atoms with Crippen LogP contribution in [0, 0.1) is 11.8 Å². The van der Waals surface area contributed by atoms with E-state index in [0.29, 0.717) is 5.56 Å². The Balaban J connectivity index is 1.65. The molecular weight excluding hydrogens is 400 g/mol. The van der Waals surface area contributed by atoms with Crippen molar-refractivity contribution >= 4 is 35.9 Å². The van der Waals surface area contributed by atoms with Gasteiger partial charge in [0.15, 0.2) is 0 Å². The van der Waals surface area contributed by atoms with Crippen LogP contribution in [0.1, 0.15) is 29.2 Å². The minimum Gasteiger partial charge on any atom is -0.481 e. The lowest BCUT2D eigenvalue weighted by atomic mass is 9.77. The highest BCUT2D eigenvalue weighted by Crippen LogP contribution is 2.47. The van der Waals surface area contributed by atoms with Crippen LogP contribution in [0.2, 0.25) is 0 Å². The number of hydrogen-bond acceptors (Lipinski definition) is 5. The minimum absolute atomic E-state index is 0.602. The zero-order chi connectivity index (χ0) is 22.2. The number of carbonyl (C=O) groups is 4. The summed E-state index contributed by atoms with van der Waals surface area (Å²) in [6.45, 7) is 0. The third kappa shape index (κ3) is 3.62. The van der Waals surface area contributed by atoms with Gasteiger partial charge >= 0.3 is 11.9 Å². The van der Waals surface area contributed by atoms with E-state index in [4.69, 9.17) is 0 Å². The van der Waals surface area contributed by atoms with Gasteiger partial charge in [-0.1, -0.05) is 66.7 Å². The number of aliphatic carboxylic acids is 2. The van der Waals surface area contributed by atoms with E-state index in [-0.39, 0.29) is 0 Å². The Labute approximate surface area is 177 Å². The van der Waals surface area contributed by atoms with E-state index in [1.165, 1.54) is 0 Å². The van der Waals surface area contributed by atoms with Crippen LogP contribution < -0.4 is 10.6 Å². The fraction of sp³-hybridized carbons (Fsp3) is 0.217. The Morgan fingerprint density at radius 1 is 0.903 bits per heavy atom. The molecule has 4 unspecified atom stereocenters. The molecule has 2 aliphatic heterocycles. The van der Waals surface area contributed by atoms with E-state index in [2.05, 4.69) is 10.6 Å². The lowest BCUT2D eigenvalue weighted by Crippen LogP contribution is -2.56. The Morgan fingerprint density at radius 3 is 2.10 bits per heavy atom. The normalized spacial score (nSPS) is 27.3. The van der Waals surface area contributed by atoms with Crippen LogP contribution in [0.25, 0.3) is 12.2 Å². The van der Waals surface area contributed by atoms with Crippen LogP contribution in [0.5, 0.6) is 0 Å². The van der Waals surface area contributed by atoms with Gasteiger partial charge < -0.3 is 10.2 Å². The smallest absolute Gasteiger partial charge is 0.325 e. The zero-order valence-corrected chi connectivity index (χ0v) is 16.3. The summed E-state index contributed by atoms with van der Waals surface area (Å²) < 4.78 is 0. The first-order valence-electron chi connectivity index (χ1n) is 9.72. The Kier molecular flexibility index (Phi) is 5.16. The van der Waals surface area contributed by atoms with Gasteiger partial charge in [0.2, 0.25) is 11.8 Å². The van der Waals surface area contributed by atoms with Crippen LogP contribution in [-0.4, -0.2) is 39.5 Å². The summed E-state index contributed by atoms with van der Waals surface area (Å²) in [6.07, 6.45) is 3.05. The van der Waals surface area contributed by atoms with Crippen LogP contribution in [0.15, 0.2) is 54.6 Å². The maximum Gasteiger partial charge on any atom is 0.325 e. The van der Waals surface area contributed by atoms with Gasteiger partial charge in [-0.25, -0.2) is 0 Å². The molecule has 2 amide bonds. The quantitative estimate of drug-likeness (QED) is 0.413. The average Bonchev–Trinajstić information content (AvgIpc) is 3.24. The highest BCUT2D eigenvalue weighted by Gasteiger charge is 2.67. The number of benzene rings is 2. The fourth-order valence-electron chi connectivity index (χ4n) is 4.46. The SMILES string of the molecule is O=C(O)CC1(C(=O)O)NC(c2ccc(/C=C/c3ccccc3)cc2)C2C(=O)NC(=O)C21. The van der Waals surface area contributed by atoms with E-state index >= 15 is 0 Å². The van der Waals surface area contributed by atoms with Gasteiger partial charge in [-0.15, -0.1) is 0 Å². The molecule has 158 valence electrons. The van der Waals surface area contributed by atoms with E-state index < -0.39 is 53.6 Å². The number of carboxylic acid groups (broad SMARTS) is 2. The van der Waals surface area contributed by atoms with Gasteiger partial charge in [-0.05, 0) is 16.7 Å². The van der Waals surface area contributed by atoms with Gasteiger partial charge in [0.1, 0.15) is 5.54 Å². The number of carbonyl (C=O) groups excluding carboxylic acids is 2. The summed E-state index contributed by atoms with van der Waals surface area (Å²) in [5.74, 6) is -6.53. The Hall–Kier alpha value is -3.78. The topological polar surface area (TPSA) is 133 Å². The first-order valence-corrected chi connectivity index (χ1v) is 9.72. The Morgan fingerprint density at radius 2 is 1.52 bits per heavy atom. The molecule has 0 aliphatic carbocycles. The number of nitrogens with one attached hydrogen (secondary N) is 2. The van der Waals surface area contributed by atoms with Crippen molar-refractivity contribution in [2.75, 3.05) is 0 Å². The average molecular weight is 420 g/mol. The Bertz CT molecular complexity index is 1080. The third-order valence-electron chi connectivity index (χ3n) is 5.87. The zero-order valence-electron chi connectivity index (χ0n) is 16.3. The molecule has 4 N–H and O–H groups in total. The van der Waals surface area contributed by atoms with E-state index in [1.54, 1.807) is 12.1 Å². The number of rotatable bonds is 6. The lowest BCUT2D eigenvalue weighted by Gasteiger charge is -2.28. The maximum absolute atomic E-state index is 12.4. The largest absolute Gasteiger partial charge is 0.481 e. The van der Waals surface area contributed by atoms with Crippen LogP contribution in [0.4, 0.5) is 0 Å². The summed E-state index contributed by atoms with van der Waals surface area (Å²) >= 11 is 0. The van der Waals surface area contributed by atoms with Gasteiger partial charge in [-0.2, -0.15) is 0 Å². The summed E-state index contributed by atoms with van der Waals surface area (Å²) in [4.78, 5) is 48.3. The van der Waals surface area contributed by atoms with Crippen molar-refractivity contribution in [3.63, 3.8) is 0 Å². The maximum atomic E-state index is 12.4. The second-order valence-electron chi connectivity index (χ2n) is 7.74. The number of fused-ring (bicyclic) bond motifs is 1. The van der Waals surface area contributed by atoms with Crippen molar-refractivity contribution in [3.05, 3.63) is 71.3 Å². The molecule has 4 atom stereocenters. The molecule has 0 spiro atoms. The van der Waals surface area contributed by atoms with Crippen LogP contribution in [0.3, 0.4) is 0 Å². The standard InChI is InChI=1S/C23H20N2O6/c26-16(27)12-23(22(30)31)18-17(20(28)24-21(18)29)19(25-23)15-10-8-14(9-11-15)7-6-13-4-2-1-3-5-13/h1-11,17-19,25H,12H2,(H,26,27)(H,30,31)(H,24,28,29)/b7-6+. The molecule has 2 heterocycles. The van der Waals surface area contributed by atoms with Gasteiger partial charge in [0.25, 0.3) is 0 Å². The van der Waals surface area contributed by atoms with Crippen molar-refractivity contribution in [1.82, 2.24) is 10.6 Å². The van der Waals surface area contributed by atoms with E-state index in [1.807, 2.05) is 54.6 Å². The molecule has 2 aromatic rings.